The number of halogens is 2. The Morgan fingerprint density at radius 1 is 1.04 bits per heavy atom. The van der Waals surface area contributed by atoms with Gasteiger partial charge >= 0.3 is 11.8 Å². The van der Waals surface area contributed by atoms with E-state index in [1.165, 1.54) is 36.0 Å². The van der Waals surface area contributed by atoms with E-state index in [0.29, 0.717) is 59.7 Å². The molecule has 1 aliphatic carbocycles. The number of hydrogen-bond acceptors (Lipinski definition) is 6. The fourth-order valence-electron chi connectivity index (χ4n) is 6.15. The topological polar surface area (TPSA) is 115 Å². The highest BCUT2D eigenvalue weighted by Gasteiger charge is 2.38. The largest absolute Gasteiger partial charge is 0.444 e. The minimum atomic E-state index is -3.16. The molecule has 10 nitrogen and oxygen atoms in total. The van der Waals surface area contributed by atoms with Crippen LogP contribution in [0, 0.1) is 37.2 Å². The zero-order chi connectivity index (χ0) is 33.5. The van der Waals surface area contributed by atoms with E-state index in [9.17, 15) is 18.2 Å². The van der Waals surface area contributed by atoms with Crippen LogP contribution in [0.25, 0.3) is 17.2 Å². The molecule has 4 aromatic rings. The lowest BCUT2D eigenvalue weighted by Crippen LogP contribution is -2.42. The molecule has 0 radical (unpaired) electrons. The van der Waals surface area contributed by atoms with Crippen LogP contribution >= 0.6 is 0 Å². The van der Waals surface area contributed by atoms with E-state index in [0.717, 1.165) is 4.57 Å². The van der Waals surface area contributed by atoms with Gasteiger partial charge in [-0.05, 0) is 96.7 Å². The number of fused-ring (bicyclic) bond motifs is 1. The lowest BCUT2D eigenvalue weighted by molar-refractivity contribution is 0.0159. The highest BCUT2D eigenvalue weighted by atomic mass is 32.2. The number of hydrogen-bond donors (Lipinski definition) is 1. The van der Waals surface area contributed by atoms with Crippen molar-refractivity contribution in [3.63, 3.8) is 0 Å². The summed E-state index contributed by atoms with van der Waals surface area (Å²) in [5.41, 5.74) is 1.30. The van der Waals surface area contributed by atoms with Gasteiger partial charge in [-0.2, -0.15) is 5.10 Å². The molecule has 0 spiro atoms. The van der Waals surface area contributed by atoms with Crippen LogP contribution in [0.5, 0.6) is 0 Å². The average molecular weight is 653 g/mol. The van der Waals surface area contributed by atoms with Gasteiger partial charge in [-0.1, -0.05) is 0 Å². The van der Waals surface area contributed by atoms with Gasteiger partial charge in [-0.3, -0.25) is 9.13 Å². The molecule has 244 valence electrons. The summed E-state index contributed by atoms with van der Waals surface area (Å²) in [6, 6.07) is 5.59. The van der Waals surface area contributed by atoms with Gasteiger partial charge < -0.3 is 9.64 Å². The number of benzene rings is 2. The molecule has 0 saturated heterocycles. The number of amides is 1. The minimum Gasteiger partial charge on any atom is -0.444 e. The van der Waals surface area contributed by atoms with Crippen molar-refractivity contribution in [3.8, 4) is 17.2 Å². The predicted molar refractivity (Wildman–Crippen MR) is 170 cm³/mol. The lowest BCUT2D eigenvalue weighted by atomic mass is 10.00. The van der Waals surface area contributed by atoms with Crippen LogP contribution < -0.4 is 5.69 Å². The molecule has 2 aromatic carbocycles. The maximum Gasteiger partial charge on any atom is 0.410 e. The molecule has 2 aliphatic rings. The monoisotopic (exact) mass is 652 g/mol. The van der Waals surface area contributed by atoms with Crippen LogP contribution in [-0.2, 0) is 20.9 Å². The van der Waals surface area contributed by atoms with Gasteiger partial charge in [-0.15, -0.1) is 0 Å². The van der Waals surface area contributed by atoms with Crippen molar-refractivity contribution in [2.75, 3.05) is 6.54 Å². The highest BCUT2D eigenvalue weighted by molar-refractivity contribution is 7.93. The number of ether oxygens (including phenoxy) is 1. The van der Waals surface area contributed by atoms with Crippen LogP contribution in [0.3, 0.4) is 0 Å². The molecule has 1 fully saturated rings. The number of imidazole rings is 1. The van der Waals surface area contributed by atoms with E-state index in [1.807, 2.05) is 6.92 Å². The Morgan fingerprint density at radius 3 is 2.28 bits per heavy atom. The number of aryl methyl sites for hydroxylation is 2. The molecule has 46 heavy (non-hydrogen) atoms. The third-order valence-electron chi connectivity index (χ3n) is 8.64. The Labute approximate surface area is 266 Å². The standard InChI is InChI=1S/C33H38F2N6O4S/c1-18-16-22(17-19(2)28(18)34)41-30(27-21(4)38(13-12-24(27)37-41)32(43)45-33(5,6)7)40-15-14-39(31(40)42)25-10-11-26(20(3)29(25)35)46(36,44)23-8-9-23/h10-11,14-17,21,23,36H,8-9,12-13H2,1-7H3/t21-,46?/m0/s1. The van der Waals surface area contributed by atoms with Crippen molar-refractivity contribution in [2.45, 2.75) is 89.5 Å². The molecule has 1 N–H and O–H groups in total. The molecule has 2 aromatic heterocycles. The normalized spacial score (nSPS) is 17.9. The van der Waals surface area contributed by atoms with Gasteiger partial charge in [0.15, 0.2) is 5.82 Å². The Bertz CT molecular complexity index is 2040. The van der Waals surface area contributed by atoms with Gasteiger partial charge in [0, 0.05) is 41.7 Å². The maximum absolute atomic E-state index is 15.9. The van der Waals surface area contributed by atoms with Crippen LogP contribution in [0.15, 0.2) is 46.3 Å². The Balaban J connectivity index is 1.52. The Hall–Kier alpha value is -4.26. The second kappa shape index (κ2) is 10.9. The quantitative estimate of drug-likeness (QED) is 0.267. The number of nitrogens with zero attached hydrogens (tertiary/aromatic N) is 5. The van der Waals surface area contributed by atoms with Gasteiger partial charge in [0.25, 0.3) is 0 Å². The van der Waals surface area contributed by atoms with E-state index in [-0.39, 0.29) is 27.2 Å². The molecule has 1 saturated carbocycles. The SMILES string of the molecule is Cc1cc(-n2nc3c(c2-n2ccn(-c4ccc(S(=N)(=O)C5CC5)c(C)c4F)c2=O)[C@H](C)N(C(=O)OC(C)(C)C)CC3)cc(C)c1F. The first-order valence-corrected chi connectivity index (χ1v) is 16.9. The molecule has 1 aliphatic heterocycles. The Morgan fingerprint density at radius 2 is 1.67 bits per heavy atom. The molecule has 1 unspecified atom stereocenters. The number of carbonyl (C=O) groups is 1. The smallest absolute Gasteiger partial charge is 0.410 e. The van der Waals surface area contributed by atoms with E-state index >= 15 is 4.39 Å². The zero-order valence-corrected chi connectivity index (χ0v) is 27.8. The van der Waals surface area contributed by atoms with Gasteiger partial charge in [0.1, 0.15) is 17.2 Å². The van der Waals surface area contributed by atoms with Crippen LogP contribution in [0.4, 0.5) is 13.6 Å². The number of rotatable bonds is 5. The van der Waals surface area contributed by atoms with Crippen molar-refractivity contribution in [1.82, 2.24) is 23.8 Å². The summed E-state index contributed by atoms with van der Waals surface area (Å²) in [4.78, 5) is 29.1. The highest BCUT2D eigenvalue weighted by Crippen LogP contribution is 2.38. The summed E-state index contributed by atoms with van der Waals surface area (Å²) in [5.74, 6) is -0.744. The number of aromatic nitrogens is 4. The first-order valence-electron chi connectivity index (χ1n) is 15.3. The van der Waals surface area contributed by atoms with E-state index < -0.39 is 39.0 Å². The first kappa shape index (κ1) is 31.7. The van der Waals surface area contributed by atoms with Crippen LogP contribution in [-0.4, -0.2) is 51.5 Å². The molecule has 13 heteroatoms. The zero-order valence-electron chi connectivity index (χ0n) is 27.0. The average Bonchev–Trinajstić information content (AvgIpc) is 3.67. The lowest BCUT2D eigenvalue weighted by Gasteiger charge is -2.34. The third kappa shape index (κ3) is 5.23. The summed E-state index contributed by atoms with van der Waals surface area (Å²) in [6.45, 7) is 12.3. The molecule has 3 heterocycles. The van der Waals surface area contributed by atoms with Crippen LogP contribution in [0.1, 0.15) is 74.5 Å². The number of nitrogens with one attached hydrogen (secondary N) is 1. The molecule has 0 bridgehead atoms. The van der Waals surface area contributed by atoms with Crippen molar-refractivity contribution in [2.24, 2.45) is 0 Å². The van der Waals surface area contributed by atoms with E-state index in [1.54, 1.807) is 56.3 Å². The molecule has 2 atom stereocenters. The van der Waals surface area contributed by atoms with Gasteiger partial charge in [-0.25, -0.2) is 32.0 Å². The van der Waals surface area contributed by atoms with E-state index in [2.05, 4.69) is 0 Å². The predicted octanol–water partition coefficient (Wildman–Crippen LogP) is 6.44. The summed E-state index contributed by atoms with van der Waals surface area (Å²) in [6.07, 6.45) is 4.15. The minimum absolute atomic E-state index is 0.0483. The van der Waals surface area contributed by atoms with Crippen molar-refractivity contribution in [3.05, 3.63) is 86.7 Å². The second-order valence-electron chi connectivity index (χ2n) is 13.2. The molecule has 6 rings (SSSR count). The Kier molecular flexibility index (Phi) is 7.53. The van der Waals surface area contributed by atoms with Crippen molar-refractivity contribution in [1.29, 1.82) is 4.78 Å². The summed E-state index contributed by atoms with van der Waals surface area (Å²) in [7, 11) is -3.16. The molecular formula is C33H38F2N6O4S. The maximum atomic E-state index is 15.9. The second-order valence-corrected chi connectivity index (χ2v) is 15.5. The summed E-state index contributed by atoms with van der Waals surface area (Å²) < 4.78 is 61.8. The fourth-order valence-corrected chi connectivity index (χ4v) is 8.12. The van der Waals surface area contributed by atoms with Crippen molar-refractivity contribution < 1.29 is 22.5 Å². The van der Waals surface area contributed by atoms with Crippen molar-refractivity contribution >= 4 is 15.8 Å². The summed E-state index contributed by atoms with van der Waals surface area (Å²) >= 11 is 0. The third-order valence-corrected chi connectivity index (χ3v) is 11.1. The summed E-state index contributed by atoms with van der Waals surface area (Å²) in [5, 5.41) is 4.58. The van der Waals surface area contributed by atoms with E-state index in [4.69, 9.17) is 14.6 Å². The molecule has 1 amide bonds. The first-order chi connectivity index (χ1) is 21.5. The molecular weight excluding hydrogens is 614 g/mol. The van der Waals surface area contributed by atoms with Gasteiger partial charge in [0.2, 0.25) is 0 Å². The fraction of sp³-hybridized carbons (Fsp3) is 0.424. The van der Waals surface area contributed by atoms with Gasteiger partial charge in [0.05, 0.1) is 37.7 Å². The number of carbonyl (C=O) groups excluding carboxylic acids is 1. The van der Waals surface area contributed by atoms with Crippen LogP contribution in [0.2, 0.25) is 0 Å².